The largest absolute Gasteiger partial charge is 0.339 e. The second-order valence-corrected chi connectivity index (χ2v) is 4.07. The Hall–Kier alpha value is -2.23. The molecule has 0 aliphatic rings. The average molecular weight is 240 g/mol. The van der Waals surface area contributed by atoms with Crippen molar-refractivity contribution in [2.75, 3.05) is 5.32 Å². The summed E-state index contributed by atoms with van der Waals surface area (Å²) in [7, 11) is 0. The number of aromatic nitrogens is 2. The predicted molar refractivity (Wildman–Crippen MR) is 75.1 cm³/mol. The van der Waals surface area contributed by atoms with Gasteiger partial charge in [-0.3, -0.25) is 4.99 Å². The van der Waals surface area contributed by atoms with Gasteiger partial charge in [-0.1, -0.05) is 6.07 Å². The minimum Gasteiger partial charge on any atom is -0.339 e. The van der Waals surface area contributed by atoms with Gasteiger partial charge >= 0.3 is 0 Å². The second kappa shape index (κ2) is 5.40. The highest BCUT2D eigenvalue weighted by molar-refractivity contribution is 5.68. The maximum atomic E-state index is 4.32. The molecule has 0 bridgehead atoms. The zero-order valence-corrected chi connectivity index (χ0v) is 10.8. The van der Waals surface area contributed by atoms with Gasteiger partial charge in [-0.15, -0.1) is 5.10 Å². The molecule has 1 aromatic carbocycles. The third-order valence-corrected chi connectivity index (χ3v) is 2.55. The van der Waals surface area contributed by atoms with Crippen molar-refractivity contribution < 1.29 is 0 Å². The van der Waals surface area contributed by atoms with Gasteiger partial charge < -0.3 is 5.32 Å². The highest BCUT2D eigenvalue weighted by atomic mass is 15.2. The van der Waals surface area contributed by atoms with Gasteiger partial charge in [-0.2, -0.15) is 5.10 Å². The molecule has 0 spiro atoms. The molecule has 4 nitrogen and oxygen atoms in total. The van der Waals surface area contributed by atoms with E-state index in [1.807, 2.05) is 51.1 Å². The Bertz CT molecular complexity index is 559. The third kappa shape index (κ3) is 2.91. The molecule has 0 amide bonds. The first-order valence-corrected chi connectivity index (χ1v) is 5.86. The van der Waals surface area contributed by atoms with E-state index in [0.717, 1.165) is 28.5 Å². The summed E-state index contributed by atoms with van der Waals surface area (Å²) in [5, 5.41) is 11.3. The summed E-state index contributed by atoms with van der Waals surface area (Å²) < 4.78 is 0. The fraction of sp³-hybridized carbons (Fsp3) is 0.214. The monoisotopic (exact) mass is 240 g/mol. The van der Waals surface area contributed by atoms with Crippen LogP contribution in [0.5, 0.6) is 0 Å². The molecule has 1 aromatic heterocycles. The van der Waals surface area contributed by atoms with E-state index in [9.17, 15) is 0 Å². The molecule has 18 heavy (non-hydrogen) atoms. The summed E-state index contributed by atoms with van der Waals surface area (Å²) in [5.74, 6) is 0.732. The Morgan fingerprint density at radius 2 is 1.94 bits per heavy atom. The number of rotatable bonds is 3. The lowest BCUT2D eigenvalue weighted by Gasteiger charge is -2.07. The Morgan fingerprint density at radius 1 is 1.11 bits per heavy atom. The van der Waals surface area contributed by atoms with Crippen LogP contribution in [0, 0.1) is 13.8 Å². The van der Waals surface area contributed by atoms with Crippen LogP contribution in [0.2, 0.25) is 0 Å². The van der Waals surface area contributed by atoms with Crippen molar-refractivity contribution in [3.05, 3.63) is 41.6 Å². The average Bonchev–Trinajstić information content (AvgIpc) is 2.37. The summed E-state index contributed by atoms with van der Waals surface area (Å²) in [5.41, 5.74) is 3.97. The van der Waals surface area contributed by atoms with Crippen molar-refractivity contribution in [2.24, 2.45) is 4.99 Å². The molecule has 0 aliphatic carbocycles. The quantitative estimate of drug-likeness (QED) is 0.834. The maximum Gasteiger partial charge on any atom is 0.153 e. The Kier molecular flexibility index (Phi) is 3.67. The summed E-state index contributed by atoms with van der Waals surface area (Å²) in [6, 6.07) is 9.87. The molecule has 4 heteroatoms. The van der Waals surface area contributed by atoms with Crippen molar-refractivity contribution in [3.63, 3.8) is 0 Å². The van der Waals surface area contributed by atoms with Gasteiger partial charge in [0.2, 0.25) is 0 Å². The van der Waals surface area contributed by atoms with E-state index in [-0.39, 0.29) is 0 Å². The smallest absolute Gasteiger partial charge is 0.153 e. The molecule has 2 aromatic rings. The van der Waals surface area contributed by atoms with Crippen LogP contribution in [0.1, 0.15) is 18.2 Å². The molecule has 92 valence electrons. The minimum atomic E-state index is 0.732. The zero-order valence-electron chi connectivity index (χ0n) is 10.8. The van der Waals surface area contributed by atoms with Crippen molar-refractivity contribution >= 4 is 23.4 Å². The van der Waals surface area contributed by atoms with E-state index in [4.69, 9.17) is 0 Å². The Morgan fingerprint density at radius 3 is 2.61 bits per heavy atom. The summed E-state index contributed by atoms with van der Waals surface area (Å²) in [6.07, 6.45) is 1.79. The number of hydrogen-bond acceptors (Lipinski definition) is 4. The normalized spacial score (nSPS) is 10.8. The number of aryl methyl sites for hydroxylation is 2. The van der Waals surface area contributed by atoms with Crippen LogP contribution in [0.4, 0.5) is 17.2 Å². The topological polar surface area (TPSA) is 50.2 Å². The van der Waals surface area contributed by atoms with Crippen LogP contribution in [0.15, 0.2) is 35.3 Å². The number of nitrogens with one attached hydrogen (secondary N) is 1. The summed E-state index contributed by atoms with van der Waals surface area (Å²) in [6.45, 7) is 5.86. The molecule has 0 radical (unpaired) electrons. The SMILES string of the molecule is CC=Nc1cc(Nc2ccc(C)nn2)ccc1C. The lowest BCUT2D eigenvalue weighted by atomic mass is 10.2. The molecule has 2 rings (SSSR count). The summed E-state index contributed by atoms with van der Waals surface area (Å²) >= 11 is 0. The third-order valence-electron chi connectivity index (χ3n) is 2.55. The molecular formula is C14H16N4. The molecule has 1 N–H and O–H groups in total. The maximum absolute atomic E-state index is 4.32. The van der Waals surface area contributed by atoms with Crippen LogP contribution >= 0.6 is 0 Å². The van der Waals surface area contributed by atoms with Crippen LogP contribution in [0.3, 0.4) is 0 Å². The van der Waals surface area contributed by atoms with Crippen LogP contribution < -0.4 is 5.32 Å². The Balaban J connectivity index is 2.24. The number of nitrogens with zero attached hydrogens (tertiary/aromatic N) is 3. The molecule has 1 heterocycles. The van der Waals surface area contributed by atoms with Crippen LogP contribution in [-0.2, 0) is 0 Å². The first-order valence-electron chi connectivity index (χ1n) is 5.86. The van der Waals surface area contributed by atoms with Crippen molar-refractivity contribution in [3.8, 4) is 0 Å². The zero-order chi connectivity index (χ0) is 13.0. The number of benzene rings is 1. The fourth-order valence-electron chi connectivity index (χ4n) is 1.58. The van der Waals surface area contributed by atoms with E-state index < -0.39 is 0 Å². The van der Waals surface area contributed by atoms with Gasteiger partial charge in [-0.05, 0) is 50.6 Å². The van der Waals surface area contributed by atoms with E-state index in [0.29, 0.717) is 0 Å². The highest BCUT2D eigenvalue weighted by Gasteiger charge is 2.00. The Labute approximate surface area is 107 Å². The van der Waals surface area contributed by atoms with Gasteiger partial charge in [0.25, 0.3) is 0 Å². The van der Waals surface area contributed by atoms with Gasteiger partial charge in [0.1, 0.15) is 0 Å². The van der Waals surface area contributed by atoms with Crippen molar-refractivity contribution in [2.45, 2.75) is 20.8 Å². The molecule has 0 fully saturated rings. The van der Waals surface area contributed by atoms with Gasteiger partial charge in [0.15, 0.2) is 5.82 Å². The van der Waals surface area contributed by atoms with E-state index in [1.165, 1.54) is 0 Å². The van der Waals surface area contributed by atoms with Crippen molar-refractivity contribution in [1.29, 1.82) is 0 Å². The van der Waals surface area contributed by atoms with E-state index in [2.05, 4.69) is 20.5 Å². The first kappa shape index (κ1) is 12.2. The minimum absolute atomic E-state index is 0.732. The van der Waals surface area contributed by atoms with Crippen LogP contribution in [0.25, 0.3) is 0 Å². The van der Waals surface area contributed by atoms with Gasteiger partial charge in [-0.25, -0.2) is 0 Å². The lowest BCUT2D eigenvalue weighted by Crippen LogP contribution is -1.96. The standard InChI is InChI=1S/C14H16N4/c1-4-15-13-9-12(7-5-10(13)2)16-14-8-6-11(3)17-18-14/h4-9H,1-3H3,(H,16,18). The first-order chi connectivity index (χ1) is 8.69. The number of hydrogen-bond donors (Lipinski definition) is 1. The number of aliphatic imine (C=N–C) groups is 1. The lowest BCUT2D eigenvalue weighted by molar-refractivity contribution is 0.986. The second-order valence-electron chi connectivity index (χ2n) is 4.07. The molecule has 0 saturated carbocycles. The van der Waals surface area contributed by atoms with Crippen molar-refractivity contribution in [1.82, 2.24) is 10.2 Å². The molecular weight excluding hydrogens is 224 g/mol. The molecule has 0 atom stereocenters. The molecule has 0 unspecified atom stereocenters. The molecule has 0 saturated heterocycles. The summed E-state index contributed by atoms with van der Waals surface area (Å²) in [4.78, 5) is 4.32. The predicted octanol–water partition coefficient (Wildman–Crippen LogP) is 3.56. The van der Waals surface area contributed by atoms with E-state index in [1.54, 1.807) is 6.21 Å². The van der Waals surface area contributed by atoms with Gasteiger partial charge in [0, 0.05) is 11.9 Å². The van der Waals surface area contributed by atoms with E-state index >= 15 is 0 Å². The fourth-order valence-corrected chi connectivity index (χ4v) is 1.58. The van der Waals surface area contributed by atoms with Crippen LogP contribution in [-0.4, -0.2) is 16.4 Å². The van der Waals surface area contributed by atoms with Gasteiger partial charge in [0.05, 0.1) is 11.4 Å². The highest BCUT2D eigenvalue weighted by Crippen LogP contribution is 2.24. The molecule has 0 aliphatic heterocycles. The number of anilines is 2.